The van der Waals surface area contributed by atoms with Gasteiger partial charge in [-0.3, -0.25) is 9.80 Å². The van der Waals surface area contributed by atoms with Crippen LogP contribution in [0.4, 0.5) is 10.5 Å². The van der Waals surface area contributed by atoms with Crippen LogP contribution < -0.4 is 19.7 Å². The zero-order chi connectivity index (χ0) is 23.6. The lowest BCUT2D eigenvalue weighted by Crippen LogP contribution is -2.44. The SMILES string of the molecule is COc1cc(N(C(=O)NCCCn2cncc2C)C(C)C)ccc1OCCN1CCOCC1. The van der Waals surface area contributed by atoms with Crippen molar-refractivity contribution in [1.82, 2.24) is 19.8 Å². The highest BCUT2D eigenvalue weighted by Crippen LogP contribution is 2.32. The van der Waals surface area contributed by atoms with Gasteiger partial charge in [0.15, 0.2) is 11.5 Å². The second kappa shape index (κ2) is 12.5. The molecule has 1 saturated heterocycles. The zero-order valence-electron chi connectivity index (χ0n) is 20.2. The summed E-state index contributed by atoms with van der Waals surface area (Å²) in [6, 6.07) is 5.49. The smallest absolute Gasteiger partial charge is 0.322 e. The molecule has 1 aromatic heterocycles. The third-order valence-corrected chi connectivity index (χ3v) is 5.70. The fourth-order valence-corrected chi connectivity index (χ4v) is 3.84. The van der Waals surface area contributed by atoms with Crippen molar-refractivity contribution in [2.45, 2.75) is 39.8 Å². The number of rotatable bonds is 11. The molecule has 2 aromatic rings. The lowest BCUT2D eigenvalue weighted by Gasteiger charge is -2.28. The van der Waals surface area contributed by atoms with Crippen LogP contribution in [0.25, 0.3) is 0 Å². The number of morpholine rings is 1. The van der Waals surface area contributed by atoms with Crippen molar-refractivity contribution in [1.29, 1.82) is 0 Å². The van der Waals surface area contributed by atoms with Gasteiger partial charge in [0.2, 0.25) is 0 Å². The van der Waals surface area contributed by atoms with Crippen molar-refractivity contribution in [3.8, 4) is 11.5 Å². The quantitative estimate of drug-likeness (QED) is 0.521. The Morgan fingerprint density at radius 3 is 2.70 bits per heavy atom. The summed E-state index contributed by atoms with van der Waals surface area (Å²) in [5, 5.41) is 3.03. The Bertz CT molecular complexity index is 879. The first-order valence-electron chi connectivity index (χ1n) is 11.6. The summed E-state index contributed by atoms with van der Waals surface area (Å²) in [6.45, 7) is 12.2. The zero-order valence-corrected chi connectivity index (χ0v) is 20.2. The van der Waals surface area contributed by atoms with Gasteiger partial charge in [-0.15, -0.1) is 0 Å². The highest BCUT2D eigenvalue weighted by atomic mass is 16.5. The minimum atomic E-state index is -0.129. The molecule has 1 fully saturated rings. The fourth-order valence-electron chi connectivity index (χ4n) is 3.84. The van der Waals surface area contributed by atoms with Gasteiger partial charge in [-0.2, -0.15) is 0 Å². The second-order valence-corrected chi connectivity index (χ2v) is 8.42. The molecule has 0 aliphatic carbocycles. The lowest BCUT2D eigenvalue weighted by atomic mass is 10.2. The minimum absolute atomic E-state index is 0.0151. The summed E-state index contributed by atoms with van der Waals surface area (Å²) in [7, 11) is 1.62. The molecule has 9 nitrogen and oxygen atoms in total. The Morgan fingerprint density at radius 1 is 1.24 bits per heavy atom. The van der Waals surface area contributed by atoms with E-state index in [4.69, 9.17) is 14.2 Å². The normalized spacial score (nSPS) is 14.3. The van der Waals surface area contributed by atoms with E-state index >= 15 is 0 Å². The summed E-state index contributed by atoms with van der Waals surface area (Å²) in [5.41, 5.74) is 1.88. The monoisotopic (exact) mass is 459 g/mol. The molecule has 1 N–H and O–H groups in total. The summed E-state index contributed by atoms with van der Waals surface area (Å²) < 4.78 is 19.0. The topological polar surface area (TPSA) is 81.1 Å². The van der Waals surface area contributed by atoms with E-state index in [2.05, 4.69) is 19.8 Å². The number of hydrogen-bond donors (Lipinski definition) is 1. The van der Waals surface area contributed by atoms with Crippen LogP contribution in [0.1, 0.15) is 26.0 Å². The largest absolute Gasteiger partial charge is 0.493 e. The fraction of sp³-hybridized carbons (Fsp3) is 0.583. The first kappa shape index (κ1) is 24.9. The van der Waals surface area contributed by atoms with E-state index in [1.54, 1.807) is 12.0 Å². The van der Waals surface area contributed by atoms with Gasteiger partial charge >= 0.3 is 6.03 Å². The Kier molecular flexibility index (Phi) is 9.38. The van der Waals surface area contributed by atoms with Crippen LogP contribution in [0.15, 0.2) is 30.7 Å². The van der Waals surface area contributed by atoms with E-state index < -0.39 is 0 Å². The van der Waals surface area contributed by atoms with Crippen LogP contribution >= 0.6 is 0 Å². The summed E-state index contributed by atoms with van der Waals surface area (Å²) in [4.78, 5) is 21.1. The molecule has 0 unspecified atom stereocenters. The molecule has 0 saturated carbocycles. The Hall–Kier alpha value is -2.78. The van der Waals surface area contributed by atoms with Crippen LogP contribution in [-0.2, 0) is 11.3 Å². The van der Waals surface area contributed by atoms with Gasteiger partial charge < -0.3 is 24.1 Å². The molecule has 2 amide bonds. The average Bonchev–Trinajstić information content (AvgIpc) is 3.22. The number of amides is 2. The predicted octanol–water partition coefficient (Wildman–Crippen LogP) is 2.93. The highest BCUT2D eigenvalue weighted by molar-refractivity contribution is 5.92. The van der Waals surface area contributed by atoms with Gasteiger partial charge in [-0.1, -0.05) is 0 Å². The molecule has 3 rings (SSSR count). The van der Waals surface area contributed by atoms with Crippen molar-refractivity contribution < 1.29 is 19.0 Å². The average molecular weight is 460 g/mol. The number of nitrogens with one attached hydrogen (secondary N) is 1. The number of carbonyl (C=O) groups excluding carboxylic acids is 1. The lowest BCUT2D eigenvalue weighted by molar-refractivity contribution is 0.0321. The minimum Gasteiger partial charge on any atom is -0.493 e. The van der Waals surface area contributed by atoms with Crippen molar-refractivity contribution in [2.24, 2.45) is 0 Å². The second-order valence-electron chi connectivity index (χ2n) is 8.42. The van der Waals surface area contributed by atoms with Crippen LogP contribution in [0.2, 0.25) is 0 Å². The highest BCUT2D eigenvalue weighted by Gasteiger charge is 2.21. The summed E-state index contributed by atoms with van der Waals surface area (Å²) >= 11 is 0. The molecule has 1 aromatic carbocycles. The molecule has 0 bridgehead atoms. The Balaban J connectivity index is 1.55. The molecule has 0 radical (unpaired) electrons. The molecular weight excluding hydrogens is 422 g/mol. The number of imidazole rings is 1. The molecule has 2 heterocycles. The Labute approximate surface area is 196 Å². The maximum Gasteiger partial charge on any atom is 0.322 e. The molecular formula is C24H37N5O4. The standard InChI is InChI=1S/C24H37N5O4/c1-19(2)29(24(30)26-8-5-9-28-18-25-17-20(28)3)21-6-7-22(23(16-21)31-4)33-15-12-27-10-13-32-14-11-27/h6-7,16-19H,5,8-15H2,1-4H3,(H,26,30). The summed E-state index contributed by atoms with van der Waals surface area (Å²) in [5.74, 6) is 1.29. The van der Waals surface area contributed by atoms with Crippen molar-refractivity contribution >= 4 is 11.7 Å². The third kappa shape index (κ3) is 7.10. The van der Waals surface area contributed by atoms with Crippen molar-refractivity contribution in [3.05, 3.63) is 36.4 Å². The number of methoxy groups -OCH3 is 1. The number of anilines is 1. The van der Waals surface area contributed by atoms with Crippen molar-refractivity contribution in [3.63, 3.8) is 0 Å². The number of aryl methyl sites for hydroxylation is 2. The van der Waals surface area contributed by atoms with Gasteiger partial charge in [-0.05, 0) is 39.3 Å². The van der Waals surface area contributed by atoms with Gasteiger partial charge in [0.25, 0.3) is 0 Å². The number of urea groups is 1. The van der Waals surface area contributed by atoms with Gasteiger partial charge in [0.05, 0.1) is 26.7 Å². The summed E-state index contributed by atoms with van der Waals surface area (Å²) in [6.07, 6.45) is 4.48. The molecule has 1 aliphatic rings. The number of carbonyl (C=O) groups is 1. The number of benzene rings is 1. The third-order valence-electron chi connectivity index (χ3n) is 5.70. The van der Waals surface area contributed by atoms with E-state index in [1.807, 2.05) is 51.5 Å². The molecule has 182 valence electrons. The van der Waals surface area contributed by atoms with Crippen LogP contribution in [-0.4, -0.2) is 79.6 Å². The first-order valence-corrected chi connectivity index (χ1v) is 11.6. The van der Waals surface area contributed by atoms with E-state index in [-0.39, 0.29) is 12.1 Å². The van der Waals surface area contributed by atoms with Crippen LogP contribution in [0.3, 0.4) is 0 Å². The van der Waals surface area contributed by atoms with E-state index in [0.717, 1.165) is 57.2 Å². The van der Waals surface area contributed by atoms with Gasteiger partial charge in [0.1, 0.15) is 6.61 Å². The van der Waals surface area contributed by atoms with Crippen LogP contribution in [0, 0.1) is 6.92 Å². The molecule has 0 spiro atoms. The predicted molar refractivity (Wildman–Crippen MR) is 128 cm³/mol. The molecule has 0 atom stereocenters. The van der Waals surface area contributed by atoms with Crippen molar-refractivity contribution in [2.75, 3.05) is 58.0 Å². The van der Waals surface area contributed by atoms with E-state index in [1.165, 1.54) is 0 Å². The Morgan fingerprint density at radius 2 is 2.03 bits per heavy atom. The number of nitrogens with zero attached hydrogens (tertiary/aromatic N) is 4. The molecule has 1 aliphatic heterocycles. The van der Waals surface area contributed by atoms with E-state index in [0.29, 0.717) is 24.7 Å². The van der Waals surface area contributed by atoms with E-state index in [9.17, 15) is 4.79 Å². The first-order chi connectivity index (χ1) is 16.0. The number of aromatic nitrogens is 2. The number of ether oxygens (including phenoxy) is 3. The maximum atomic E-state index is 13.0. The maximum absolute atomic E-state index is 13.0. The van der Waals surface area contributed by atoms with Gasteiger partial charge in [0, 0.05) is 62.4 Å². The van der Waals surface area contributed by atoms with Crippen LogP contribution in [0.5, 0.6) is 11.5 Å². The number of hydrogen-bond acceptors (Lipinski definition) is 6. The van der Waals surface area contributed by atoms with Gasteiger partial charge in [-0.25, -0.2) is 9.78 Å². The molecule has 33 heavy (non-hydrogen) atoms. The molecule has 9 heteroatoms.